The van der Waals surface area contributed by atoms with E-state index in [0.29, 0.717) is 0 Å². The number of halogens is 1. The third-order valence-electron chi connectivity index (χ3n) is 1.66. The van der Waals surface area contributed by atoms with Gasteiger partial charge in [-0.25, -0.2) is 0 Å². The third-order valence-corrected chi connectivity index (χ3v) is 3.36. The Morgan fingerprint density at radius 2 is 2.42 bits per heavy atom. The molecule has 0 radical (unpaired) electrons. The van der Waals surface area contributed by atoms with E-state index in [1.807, 2.05) is 0 Å². The Labute approximate surface area is 85.4 Å². The minimum atomic E-state index is 0.721. The number of thiophene rings is 1. The molecule has 0 atom stereocenters. The molecule has 12 heavy (non-hydrogen) atoms. The van der Waals surface area contributed by atoms with Crippen molar-refractivity contribution in [3.8, 4) is 0 Å². The highest BCUT2D eigenvalue weighted by Crippen LogP contribution is 2.27. The molecule has 0 saturated heterocycles. The van der Waals surface area contributed by atoms with Gasteiger partial charge in [-0.05, 0) is 46.8 Å². The van der Waals surface area contributed by atoms with Crippen LogP contribution in [-0.4, -0.2) is 6.54 Å². The van der Waals surface area contributed by atoms with Crippen molar-refractivity contribution >= 4 is 32.8 Å². The Morgan fingerprint density at radius 3 is 2.92 bits per heavy atom. The topological polar surface area (TPSA) is 26.0 Å². The molecular weight excluding hydrogens is 234 g/mol. The Hall–Kier alpha value is -0.120. The maximum Gasteiger partial charge on any atom is 0.0357 e. The van der Waals surface area contributed by atoms with Crippen LogP contribution in [0.25, 0.3) is 5.57 Å². The molecule has 1 aromatic heterocycles. The molecule has 1 rings (SSSR count). The third kappa shape index (κ3) is 2.44. The molecule has 0 aliphatic heterocycles. The van der Waals surface area contributed by atoms with E-state index in [4.69, 9.17) is 5.73 Å². The molecule has 0 saturated carbocycles. The van der Waals surface area contributed by atoms with Crippen LogP contribution in [0.1, 0.15) is 18.9 Å². The highest BCUT2D eigenvalue weighted by Gasteiger charge is 2.01. The second-order valence-corrected chi connectivity index (χ2v) is 4.20. The van der Waals surface area contributed by atoms with Gasteiger partial charge in [-0.2, -0.15) is 11.3 Å². The number of rotatable bonds is 3. The molecule has 2 N–H and O–H groups in total. The van der Waals surface area contributed by atoms with Gasteiger partial charge in [0, 0.05) is 15.4 Å². The van der Waals surface area contributed by atoms with Gasteiger partial charge in [0.15, 0.2) is 0 Å². The zero-order chi connectivity index (χ0) is 8.97. The number of allylic oxidation sites excluding steroid dienone is 1. The van der Waals surface area contributed by atoms with Crippen LogP contribution in [0.15, 0.2) is 21.3 Å². The van der Waals surface area contributed by atoms with Crippen molar-refractivity contribution in [2.24, 2.45) is 5.73 Å². The molecular formula is C9H12BrNS. The van der Waals surface area contributed by atoms with Gasteiger partial charge >= 0.3 is 0 Å². The molecule has 0 aliphatic carbocycles. The minimum absolute atomic E-state index is 0.721. The van der Waals surface area contributed by atoms with Crippen molar-refractivity contribution in [1.82, 2.24) is 0 Å². The fourth-order valence-corrected chi connectivity index (χ4v) is 2.64. The van der Waals surface area contributed by atoms with E-state index in [1.54, 1.807) is 11.3 Å². The van der Waals surface area contributed by atoms with Crippen LogP contribution in [0.3, 0.4) is 0 Å². The van der Waals surface area contributed by atoms with Gasteiger partial charge in [0.1, 0.15) is 0 Å². The second-order valence-electron chi connectivity index (χ2n) is 2.60. The van der Waals surface area contributed by atoms with Crippen LogP contribution in [-0.2, 0) is 0 Å². The molecule has 0 unspecified atom stereocenters. The van der Waals surface area contributed by atoms with Crippen LogP contribution < -0.4 is 5.73 Å². The largest absolute Gasteiger partial charge is 0.330 e. The van der Waals surface area contributed by atoms with Crippen molar-refractivity contribution in [3.63, 3.8) is 0 Å². The van der Waals surface area contributed by atoms with E-state index in [1.165, 1.54) is 15.6 Å². The lowest BCUT2D eigenvalue weighted by Gasteiger charge is -1.97. The lowest BCUT2D eigenvalue weighted by molar-refractivity contribution is 1.01. The smallest absolute Gasteiger partial charge is 0.0357 e. The predicted molar refractivity (Wildman–Crippen MR) is 59.3 cm³/mol. The minimum Gasteiger partial charge on any atom is -0.330 e. The summed E-state index contributed by atoms with van der Waals surface area (Å²) in [5, 5.41) is 4.24. The van der Waals surface area contributed by atoms with Gasteiger partial charge in [0.25, 0.3) is 0 Å². The Bertz CT molecular complexity index is 278. The van der Waals surface area contributed by atoms with E-state index >= 15 is 0 Å². The van der Waals surface area contributed by atoms with Crippen LogP contribution in [0.5, 0.6) is 0 Å². The zero-order valence-electron chi connectivity index (χ0n) is 7.01. The lowest BCUT2D eigenvalue weighted by atomic mass is 10.1. The van der Waals surface area contributed by atoms with Crippen molar-refractivity contribution in [3.05, 3.63) is 26.9 Å². The van der Waals surface area contributed by atoms with E-state index in [9.17, 15) is 0 Å². The molecule has 1 aromatic rings. The molecule has 1 nitrogen and oxygen atoms in total. The summed E-state index contributed by atoms with van der Waals surface area (Å²) in [6.07, 6.45) is 3.13. The molecule has 3 heteroatoms. The van der Waals surface area contributed by atoms with Gasteiger partial charge in [0.05, 0.1) is 0 Å². The maximum absolute atomic E-state index is 5.41. The van der Waals surface area contributed by atoms with E-state index < -0.39 is 0 Å². The predicted octanol–water partition coefficient (Wildman–Crippen LogP) is 3.26. The average molecular weight is 246 g/mol. The first kappa shape index (κ1) is 9.96. The molecule has 0 aliphatic rings. The first-order valence-electron chi connectivity index (χ1n) is 3.84. The van der Waals surface area contributed by atoms with Gasteiger partial charge in [-0.1, -0.05) is 6.08 Å². The summed E-state index contributed by atoms with van der Waals surface area (Å²) in [7, 11) is 0. The van der Waals surface area contributed by atoms with Crippen LogP contribution in [0, 0.1) is 0 Å². The molecule has 66 valence electrons. The van der Waals surface area contributed by atoms with Crippen molar-refractivity contribution in [2.75, 3.05) is 6.54 Å². The highest BCUT2D eigenvalue weighted by molar-refractivity contribution is 9.10. The first-order valence-corrected chi connectivity index (χ1v) is 5.58. The van der Waals surface area contributed by atoms with E-state index in [2.05, 4.69) is 39.7 Å². The number of hydrogen-bond donors (Lipinski definition) is 1. The second kappa shape index (κ2) is 4.80. The van der Waals surface area contributed by atoms with Gasteiger partial charge in [-0.15, -0.1) is 0 Å². The summed E-state index contributed by atoms with van der Waals surface area (Å²) < 4.78 is 1.18. The van der Waals surface area contributed by atoms with Crippen molar-refractivity contribution in [2.45, 2.75) is 13.3 Å². The van der Waals surface area contributed by atoms with Crippen LogP contribution >= 0.6 is 27.3 Å². The SMILES string of the molecule is CC(=CCCN)c1cscc1Br. The van der Waals surface area contributed by atoms with Crippen molar-refractivity contribution in [1.29, 1.82) is 0 Å². The zero-order valence-corrected chi connectivity index (χ0v) is 9.41. The van der Waals surface area contributed by atoms with Crippen LogP contribution in [0.4, 0.5) is 0 Å². The maximum atomic E-state index is 5.41. The van der Waals surface area contributed by atoms with Crippen LogP contribution in [0.2, 0.25) is 0 Å². The standard InChI is InChI=1S/C9H12BrNS/c1-7(3-2-4-11)8-5-12-6-9(8)10/h3,5-6H,2,4,11H2,1H3. The summed E-state index contributed by atoms with van der Waals surface area (Å²) in [5.74, 6) is 0. The summed E-state index contributed by atoms with van der Waals surface area (Å²) >= 11 is 5.21. The van der Waals surface area contributed by atoms with Gasteiger partial charge in [0.2, 0.25) is 0 Å². The molecule has 0 amide bonds. The molecule has 0 fully saturated rings. The van der Waals surface area contributed by atoms with Gasteiger partial charge < -0.3 is 5.73 Å². The highest BCUT2D eigenvalue weighted by atomic mass is 79.9. The summed E-state index contributed by atoms with van der Waals surface area (Å²) in [6, 6.07) is 0. The average Bonchev–Trinajstić information content (AvgIpc) is 2.47. The Morgan fingerprint density at radius 1 is 1.67 bits per heavy atom. The lowest BCUT2D eigenvalue weighted by Crippen LogP contribution is -1.95. The first-order chi connectivity index (χ1) is 5.75. The van der Waals surface area contributed by atoms with Gasteiger partial charge in [-0.3, -0.25) is 0 Å². The van der Waals surface area contributed by atoms with E-state index in [-0.39, 0.29) is 0 Å². The fraction of sp³-hybridized carbons (Fsp3) is 0.333. The molecule has 0 aromatic carbocycles. The monoisotopic (exact) mass is 245 g/mol. The molecule has 1 heterocycles. The number of nitrogens with two attached hydrogens (primary N) is 1. The summed E-state index contributed by atoms with van der Waals surface area (Å²) in [6.45, 7) is 2.83. The Kier molecular flexibility index (Phi) is 3.98. The Balaban J connectivity index is 2.77. The summed E-state index contributed by atoms with van der Waals surface area (Å²) in [5.41, 5.74) is 8.00. The summed E-state index contributed by atoms with van der Waals surface area (Å²) in [4.78, 5) is 0. The normalized spacial score (nSPS) is 12.1. The van der Waals surface area contributed by atoms with E-state index in [0.717, 1.165) is 13.0 Å². The number of hydrogen-bond acceptors (Lipinski definition) is 2. The molecule has 0 bridgehead atoms. The van der Waals surface area contributed by atoms with Crippen molar-refractivity contribution < 1.29 is 0 Å². The fourth-order valence-electron chi connectivity index (χ4n) is 0.973. The quantitative estimate of drug-likeness (QED) is 0.870. The molecule has 0 spiro atoms.